The molecule has 2 aromatic heterocycles. The number of aromatic nitrogens is 3. The number of alkyl halides is 1. The third-order valence-corrected chi connectivity index (χ3v) is 5.52. The third-order valence-electron chi connectivity index (χ3n) is 4.45. The lowest BCUT2D eigenvalue weighted by molar-refractivity contribution is 0.151. The van der Waals surface area contributed by atoms with E-state index in [2.05, 4.69) is 20.6 Å². The third kappa shape index (κ3) is 4.33. The van der Waals surface area contributed by atoms with Crippen molar-refractivity contribution in [3.05, 3.63) is 54.9 Å². The summed E-state index contributed by atoms with van der Waals surface area (Å²) < 4.78 is 13.4. The Bertz CT molecular complexity index is 1100. The number of aliphatic hydroxyl groups is 1. The number of rotatable bonds is 7. The molecule has 0 amide bonds. The fourth-order valence-corrected chi connectivity index (χ4v) is 3.87. The van der Waals surface area contributed by atoms with Crippen LogP contribution in [-0.2, 0) is 0 Å². The molecular formula is C21H20FN5OS. The number of hydrogen-bond donors (Lipinski definition) is 3. The summed E-state index contributed by atoms with van der Waals surface area (Å²) in [6, 6.07) is 13.9. The molecule has 8 heteroatoms. The fraction of sp³-hybridized carbons (Fsp3) is 0.190. The Labute approximate surface area is 171 Å². The molecule has 0 aliphatic heterocycles. The first-order valence-electron chi connectivity index (χ1n) is 9.15. The number of fused-ring (bicyclic) bond motifs is 1. The van der Waals surface area contributed by atoms with E-state index in [0.29, 0.717) is 5.95 Å². The Hall–Kier alpha value is -3.10. The molecule has 3 N–H and O–H groups in total. The largest absolute Gasteiger partial charge is 0.389 e. The van der Waals surface area contributed by atoms with Gasteiger partial charge in [-0.25, -0.2) is 19.3 Å². The van der Waals surface area contributed by atoms with Gasteiger partial charge in [0.1, 0.15) is 11.7 Å². The van der Waals surface area contributed by atoms with Gasteiger partial charge >= 0.3 is 0 Å². The van der Waals surface area contributed by atoms with Crippen LogP contribution in [0.5, 0.6) is 0 Å². The highest BCUT2D eigenvalue weighted by Crippen LogP contribution is 2.32. The Morgan fingerprint density at radius 3 is 2.45 bits per heavy atom. The van der Waals surface area contributed by atoms with Crippen LogP contribution in [0, 0.1) is 0 Å². The van der Waals surface area contributed by atoms with Crippen molar-refractivity contribution in [2.45, 2.75) is 6.10 Å². The van der Waals surface area contributed by atoms with Crippen molar-refractivity contribution in [2.75, 3.05) is 30.9 Å². The molecule has 2 aromatic carbocycles. The van der Waals surface area contributed by atoms with Crippen molar-refractivity contribution in [3.8, 4) is 21.7 Å². The van der Waals surface area contributed by atoms with Crippen LogP contribution in [0.3, 0.4) is 0 Å². The number of halogens is 1. The van der Waals surface area contributed by atoms with Gasteiger partial charge in [0.25, 0.3) is 0 Å². The quantitative estimate of drug-likeness (QED) is 0.424. The van der Waals surface area contributed by atoms with Crippen molar-refractivity contribution in [1.29, 1.82) is 0 Å². The first-order valence-corrected chi connectivity index (χ1v) is 9.97. The van der Waals surface area contributed by atoms with Crippen LogP contribution in [0.1, 0.15) is 0 Å². The number of aliphatic hydroxyl groups excluding tert-OH is 1. The zero-order valence-corrected chi connectivity index (χ0v) is 16.6. The maximum absolute atomic E-state index is 12.4. The van der Waals surface area contributed by atoms with Gasteiger partial charge in [-0.2, -0.15) is 0 Å². The van der Waals surface area contributed by atoms with Crippen molar-refractivity contribution in [3.63, 3.8) is 0 Å². The van der Waals surface area contributed by atoms with E-state index in [1.54, 1.807) is 30.8 Å². The van der Waals surface area contributed by atoms with Gasteiger partial charge in [-0.15, -0.1) is 11.3 Å². The SMILES string of the molecule is CNc1ncc(-c2ccc(-c3nc4ccc(NCC(O)CF)cc4s3)cc2)cn1. The van der Waals surface area contributed by atoms with Crippen molar-refractivity contribution in [2.24, 2.45) is 0 Å². The molecule has 0 bridgehead atoms. The summed E-state index contributed by atoms with van der Waals surface area (Å²) in [5.41, 5.74) is 4.76. The van der Waals surface area contributed by atoms with E-state index in [1.807, 2.05) is 42.5 Å². The van der Waals surface area contributed by atoms with E-state index >= 15 is 0 Å². The first-order chi connectivity index (χ1) is 14.2. The smallest absolute Gasteiger partial charge is 0.222 e. The second-order valence-electron chi connectivity index (χ2n) is 6.51. The van der Waals surface area contributed by atoms with Gasteiger partial charge in [-0.05, 0) is 23.8 Å². The predicted molar refractivity (Wildman–Crippen MR) is 116 cm³/mol. The highest BCUT2D eigenvalue weighted by atomic mass is 32.1. The summed E-state index contributed by atoms with van der Waals surface area (Å²) in [5.74, 6) is 0.591. The monoisotopic (exact) mass is 409 g/mol. The molecule has 0 radical (unpaired) electrons. The summed E-state index contributed by atoms with van der Waals surface area (Å²) in [4.78, 5) is 13.2. The minimum absolute atomic E-state index is 0.175. The number of anilines is 2. The van der Waals surface area contributed by atoms with E-state index in [0.717, 1.165) is 37.6 Å². The molecule has 1 atom stereocenters. The van der Waals surface area contributed by atoms with E-state index < -0.39 is 12.8 Å². The number of thiazole rings is 1. The summed E-state index contributed by atoms with van der Waals surface area (Å²) in [6.07, 6.45) is 2.58. The lowest BCUT2D eigenvalue weighted by Gasteiger charge is -2.09. The number of nitrogens with one attached hydrogen (secondary N) is 2. The van der Waals surface area contributed by atoms with Crippen LogP contribution in [0.2, 0.25) is 0 Å². The molecule has 0 fully saturated rings. The zero-order chi connectivity index (χ0) is 20.2. The van der Waals surface area contributed by atoms with Gasteiger partial charge in [0.15, 0.2) is 0 Å². The Morgan fingerprint density at radius 1 is 1.03 bits per heavy atom. The Kier molecular flexibility index (Phi) is 5.64. The van der Waals surface area contributed by atoms with Crippen molar-refractivity contribution < 1.29 is 9.50 Å². The summed E-state index contributed by atoms with van der Waals surface area (Å²) >= 11 is 1.59. The van der Waals surface area contributed by atoms with Crippen LogP contribution in [0.15, 0.2) is 54.9 Å². The van der Waals surface area contributed by atoms with Crippen LogP contribution in [0.25, 0.3) is 31.9 Å². The average Bonchev–Trinajstić information content (AvgIpc) is 3.21. The minimum atomic E-state index is -0.999. The van der Waals surface area contributed by atoms with Gasteiger partial charge in [0, 0.05) is 42.8 Å². The lowest BCUT2D eigenvalue weighted by Crippen LogP contribution is -2.21. The van der Waals surface area contributed by atoms with Gasteiger partial charge in [-0.3, -0.25) is 0 Å². The van der Waals surface area contributed by atoms with Crippen LogP contribution in [0.4, 0.5) is 16.0 Å². The molecule has 29 heavy (non-hydrogen) atoms. The van der Waals surface area contributed by atoms with Crippen LogP contribution in [-0.4, -0.2) is 46.4 Å². The molecule has 0 aliphatic carbocycles. The number of benzene rings is 2. The van der Waals surface area contributed by atoms with Crippen LogP contribution >= 0.6 is 11.3 Å². The van der Waals surface area contributed by atoms with Crippen LogP contribution < -0.4 is 10.6 Å². The summed E-state index contributed by atoms with van der Waals surface area (Å²) in [6.45, 7) is -0.587. The van der Waals surface area contributed by atoms with E-state index in [4.69, 9.17) is 4.98 Å². The van der Waals surface area contributed by atoms with Crippen molar-refractivity contribution in [1.82, 2.24) is 15.0 Å². The highest BCUT2D eigenvalue weighted by Gasteiger charge is 2.09. The van der Waals surface area contributed by atoms with E-state index in [1.165, 1.54) is 0 Å². The summed E-state index contributed by atoms with van der Waals surface area (Å²) in [5, 5.41) is 16.2. The topological polar surface area (TPSA) is 83.0 Å². The second-order valence-corrected chi connectivity index (χ2v) is 7.54. The maximum Gasteiger partial charge on any atom is 0.222 e. The molecule has 0 saturated heterocycles. The molecule has 0 saturated carbocycles. The van der Waals surface area contributed by atoms with Crippen molar-refractivity contribution >= 4 is 33.2 Å². The Balaban J connectivity index is 1.54. The van der Waals surface area contributed by atoms with Gasteiger partial charge in [0.05, 0.1) is 16.3 Å². The van der Waals surface area contributed by atoms with E-state index in [-0.39, 0.29) is 6.54 Å². The normalized spacial score (nSPS) is 12.1. The maximum atomic E-state index is 12.4. The number of nitrogens with zero attached hydrogens (tertiary/aromatic N) is 3. The molecule has 0 aliphatic rings. The first kappa shape index (κ1) is 19.2. The second kappa shape index (κ2) is 8.50. The molecule has 2 heterocycles. The lowest BCUT2D eigenvalue weighted by atomic mass is 10.1. The minimum Gasteiger partial charge on any atom is -0.389 e. The number of hydrogen-bond acceptors (Lipinski definition) is 7. The average molecular weight is 409 g/mol. The summed E-state index contributed by atoms with van der Waals surface area (Å²) in [7, 11) is 1.79. The molecule has 1 unspecified atom stereocenters. The zero-order valence-electron chi connectivity index (χ0n) is 15.8. The highest BCUT2D eigenvalue weighted by molar-refractivity contribution is 7.21. The standard InChI is InChI=1S/C21H20FN5OS/c1-23-21-25-10-15(11-26-21)13-2-4-14(5-3-13)20-27-18-7-6-16(8-19(18)29-20)24-12-17(28)9-22/h2-8,10-11,17,24,28H,9,12H2,1H3,(H,23,25,26). The molecule has 6 nitrogen and oxygen atoms in total. The van der Waals surface area contributed by atoms with Gasteiger partial charge in [0.2, 0.25) is 5.95 Å². The van der Waals surface area contributed by atoms with E-state index in [9.17, 15) is 9.50 Å². The van der Waals surface area contributed by atoms with Gasteiger partial charge in [-0.1, -0.05) is 24.3 Å². The Morgan fingerprint density at radius 2 is 1.76 bits per heavy atom. The van der Waals surface area contributed by atoms with Gasteiger partial charge < -0.3 is 15.7 Å². The molecule has 148 valence electrons. The predicted octanol–water partition coefficient (Wildman–Crippen LogP) is 4.20. The molecule has 4 rings (SSSR count). The molecule has 4 aromatic rings. The fourth-order valence-electron chi connectivity index (χ4n) is 2.86. The molecule has 0 spiro atoms. The molecular weight excluding hydrogens is 389 g/mol.